The molecule has 0 aliphatic heterocycles. The summed E-state index contributed by atoms with van der Waals surface area (Å²) in [5, 5.41) is 0. The molecule has 0 atom stereocenters. The maximum atomic E-state index is 2.04. The standard InChI is InChI=1S/C2H6S.Mg.2H/c1-3-2;;;/h1-2H3;;;/q;+2;2*-1. The van der Waals surface area contributed by atoms with Crippen LogP contribution in [0.3, 0.4) is 0 Å². The average molecular weight is 88.5 g/mol. The Balaban J connectivity index is -0.00000000667. The number of rotatable bonds is 0. The topological polar surface area (TPSA) is 0 Å². The summed E-state index contributed by atoms with van der Waals surface area (Å²) < 4.78 is 0. The van der Waals surface area contributed by atoms with E-state index in [1.165, 1.54) is 0 Å². The summed E-state index contributed by atoms with van der Waals surface area (Å²) in [4.78, 5) is 0. The van der Waals surface area contributed by atoms with Crippen LogP contribution in [0.15, 0.2) is 0 Å². The van der Waals surface area contributed by atoms with Crippen LogP contribution in [0, 0.1) is 0 Å². The van der Waals surface area contributed by atoms with Crippen LogP contribution >= 0.6 is 11.8 Å². The Bertz CT molecular complexity index is 11.5. The molecule has 2 heteroatoms. The molecule has 0 aliphatic carbocycles. The maximum absolute atomic E-state index is 2.04. The zero-order chi connectivity index (χ0) is 2.71. The van der Waals surface area contributed by atoms with E-state index >= 15 is 0 Å². The van der Waals surface area contributed by atoms with Gasteiger partial charge in [0.15, 0.2) is 0 Å². The van der Waals surface area contributed by atoms with Gasteiger partial charge in [0.05, 0.1) is 0 Å². The summed E-state index contributed by atoms with van der Waals surface area (Å²) in [6.45, 7) is 0. The van der Waals surface area contributed by atoms with Gasteiger partial charge in [-0.2, -0.15) is 11.8 Å². The second kappa shape index (κ2) is 8.93. The molecule has 0 radical (unpaired) electrons. The van der Waals surface area contributed by atoms with Crippen LogP contribution in [-0.4, -0.2) is 35.6 Å². The maximum Gasteiger partial charge on any atom is 2.00 e. The van der Waals surface area contributed by atoms with Crippen molar-refractivity contribution in [2.45, 2.75) is 0 Å². The van der Waals surface area contributed by atoms with Crippen molar-refractivity contribution in [3.05, 3.63) is 0 Å². The van der Waals surface area contributed by atoms with Crippen molar-refractivity contribution in [2.24, 2.45) is 0 Å². The minimum Gasteiger partial charge on any atom is -1.00 e. The van der Waals surface area contributed by atoms with Crippen molar-refractivity contribution < 1.29 is 2.85 Å². The fourth-order valence-electron chi connectivity index (χ4n) is 0. The predicted octanol–water partition coefficient (Wildman–Crippen LogP) is 0.823. The van der Waals surface area contributed by atoms with E-state index in [-0.39, 0.29) is 25.9 Å². The summed E-state index contributed by atoms with van der Waals surface area (Å²) in [7, 11) is 0. The number of hydrogen-bond donors (Lipinski definition) is 0. The van der Waals surface area contributed by atoms with Gasteiger partial charge in [-0.25, -0.2) is 0 Å². The first kappa shape index (κ1) is 8.93. The third kappa shape index (κ3) is 11.2. The Morgan fingerprint density at radius 2 is 1.50 bits per heavy atom. The first-order chi connectivity index (χ1) is 1.41. The first-order valence-corrected chi connectivity index (χ1v) is 2.45. The van der Waals surface area contributed by atoms with Gasteiger partial charge in [0.1, 0.15) is 0 Å². The van der Waals surface area contributed by atoms with Crippen molar-refractivity contribution in [3.63, 3.8) is 0 Å². The Labute approximate surface area is 50.5 Å². The summed E-state index contributed by atoms with van der Waals surface area (Å²) in [6.07, 6.45) is 4.08. The molecular formula is C2H8MgS. The molecule has 0 saturated heterocycles. The molecule has 0 N–H and O–H groups in total. The molecule has 0 amide bonds. The Hall–Kier alpha value is 1.12. The monoisotopic (exact) mass is 88.0 g/mol. The smallest absolute Gasteiger partial charge is 1.00 e. The normalized spacial score (nSPS) is 4.50. The molecule has 4 heavy (non-hydrogen) atoms. The molecular weight excluding hydrogens is 80.4 g/mol. The summed E-state index contributed by atoms with van der Waals surface area (Å²) >= 11 is 1.75. The molecule has 0 aromatic rings. The average Bonchev–Trinajstić information content (AvgIpc) is 0.918. The third-order valence-electron chi connectivity index (χ3n) is 0. The van der Waals surface area contributed by atoms with Crippen molar-refractivity contribution in [2.75, 3.05) is 12.5 Å². The SMILES string of the molecule is CSC.[H-].[H-].[Mg+2]. The molecule has 24 valence electrons. The summed E-state index contributed by atoms with van der Waals surface area (Å²) in [5.74, 6) is 0. The first-order valence-electron chi connectivity index (χ1n) is 0.816. The van der Waals surface area contributed by atoms with Gasteiger partial charge in [-0.05, 0) is 12.5 Å². The Kier molecular flexibility index (Phi) is 19.9. The minimum atomic E-state index is 0. The van der Waals surface area contributed by atoms with E-state index in [0.29, 0.717) is 0 Å². The van der Waals surface area contributed by atoms with Crippen LogP contribution < -0.4 is 0 Å². The zero-order valence-corrected chi connectivity index (χ0v) is 5.35. The molecule has 0 aromatic carbocycles. The van der Waals surface area contributed by atoms with Gasteiger partial charge in [-0.15, -0.1) is 0 Å². The van der Waals surface area contributed by atoms with Gasteiger partial charge < -0.3 is 2.85 Å². The van der Waals surface area contributed by atoms with Crippen LogP contribution in [0.1, 0.15) is 2.85 Å². The molecule has 0 aliphatic rings. The fourth-order valence-corrected chi connectivity index (χ4v) is 0. The van der Waals surface area contributed by atoms with Crippen LogP contribution in [0.25, 0.3) is 0 Å². The molecule has 0 fully saturated rings. The van der Waals surface area contributed by atoms with E-state index in [4.69, 9.17) is 0 Å². The van der Waals surface area contributed by atoms with Crippen molar-refractivity contribution in [1.29, 1.82) is 0 Å². The van der Waals surface area contributed by atoms with E-state index in [0.717, 1.165) is 0 Å². The van der Waals surface area contributed by atoms with Gasteiger partial charge in [-0.1, -0.05) is 0 Å². The quantitative estimate of drug-likeness (QED) is 0.395. The molecule has 0 saturated carbocycles. The van der Waals surface area contributed by atoms with Crippen LogP contribution in [0.2, 0.25) is 0 Å². The molecule has 0 aromatic heterocycles. The second-order valence-electron chi connectivity index (χ2n) is 0.408. The number of hydrogen-bond acceptors (Lipinski definition) is 1. The molecule has 0 nitrogen and oxygen atoms in total. The molecule has 0 bridgehead atoms. The third-order valence-corrected chi connectivity index (χ3v) is 0. The predicted molar refractivity (Wildman–Crippen MR) is 27.4 cm³/mol. The van der Waals surface area contributed by atoms with E-state index in [1.54, 1.807) is 11.8 Å². The second-order valence-corrected chi connectivity index (χ2v) is 1.22. The fraction of sp³-hybridized carbons (Fsp3) is 1.00. The molecule has 0 heterocycles. The van der Waals surface area contributed by atoms with Gasteiger partial charge in [-0.3, -0.25) is 0 Å². The van der Waals surface area contributed by atoms with Gasteiger partial charge in [0, 0.05) is 0 Å². The molecule has 0 unspecified atom stereocenters. The van der Waals surface area contributed by atoms with Gasteiger partial charge in [0.25, 0.3) is 0 Å². The van der Waals surface area contributed by atoms with E-state index in [9.17, 15) is 0 Å². The van der Waals surface area contributed by atoms with Crippen LogP contribution in [-0.2, 0) is 0 Å². The van der Waals surface area contributed by atoms with Gasteiger partial charge >= 0.3 is 23.1 Å². The Morgan fingerprint density at radius 3 is 1.50 bits per heavy atom. The summed E-state index contributed by atoms with van der Waals surface area (Å²) in [5.41, 5.74) is 0. The minimum absolute atomic E-state index is 0. The van der Waals surface area contributed by atoms with Crippen molar-refractivity contribution in [3.8, 4) is 0 Å². The number of thioether (sulfide) groups is 1. The zero-order valence-electron chi connectivity index (χ0n) is 5.12. The molecule has 0 rings (SSSR count). The Morgan fingerprint density at radius 1 is 1.50 bits per heavy atom. The van der Waals surface area contributed by atoms with Gasteiger partial charge in [0.2, 0.25) is 0 Å². The van der Waals surface area contributed by atoms with Crippen LogP contribution in [0.5, 0.6) is 0 Å². The summed E-state index contributed by atoms with van der Waals surface area (Å²) in [6, 6.07) is 0. The van der Waals surface area contributed by atoms with E-state index in [1.807, 2.05) is 12.5 Å². The largest absolute Gasteiger partial charge is 2.00 e. The van der Waals surface area contributed by atoms with E-state index in [2.05, 4.69) is 0 Å². The van der Waals surface area contributed by atoms with Crippen molar-refractivity contribution >= 4 is 34.8 Å². The van der Waals surface area contributed by atoms with Crippen LogP contribution in [0.4, 0.5) is 0 Å². The van der Waals surface area contributed by atoms with E-state index < -0.39 is 0 Å². The molecule has 0 spiro atoms. The van der Waals surface area contributed by atoms with Crippen molar-refractivity contribution in [1.82, 2.24) is 0 Å².